The van der Waals surface area contributed by atoms with Crippen LogP contribution in [0.2, 0.25) is 0 Å². The minimum atomic E-state index is -2.07. The molecule has 204 valence electrons. The summed E-state index contributed by atoms with van der Waals surface area (Å²) in [6.07, 6.45) is -3.85. The summed E-state index contributed by atoms with van der Waals surface area (Å²) in [5.74, 6) is -4.14. The molecule has 0 bridgehead atoms. The number of aliphatic hydroxyl groups is 1. The molecule has 4 atom stereocenters. The fraction of sp³-hybridized carbons (Fsp3) is 0.300. The van der Waals surface area contributed by atoms with Crippen LogP contribution in [0.5, 0.6) is 0 Å². The predicted molar refractivity (Wildman–Crippen MR) is 146 cm³/mol. The van der Waals surface area contributed by atoms with Gasteiger partial charge >= 0.3 is 17.9 Å². The zero-order valence-corrected chi connectivity index (χ0v) is 23.3. The number of alkyl halides is 1. The molecule has 1 aliphatic heterocycles. The van der Waals surface area contributed by atoms with Crippen LogP contribution >= 0.6 is 15.9 Å². The number of hydrogen-bond donors (Lipinski definition) is 1. The van der Waals surface area contributed by atoms with E-state index in [-0.39, 0.29) is 23.1 Å². The van der Waals surface area contributed by atoms with Gasteiger partial charge in [0.05, 0.1) is 22.0 Å². The molecule has 0 radical (unpaired) electrons. The lowest BCUT2D eigenvalue weighted by Gasteiger charge is -2.28. The van der Waals surface area contributed by atoms with Crippen LogP contribution in [0.4, 0.5) is 0 Å². The standard InChI is InChI=1S/C30H29BrO8/c1-18-4-10-21(11-5-18)27(32)36-16-24-25(37-28(33)22-12-6-19(2)7-13-22)26(30(35,17-31)39-24)38-29(34)23-14-8-20(3)9-15-23/h4-15,24-26,35H,16-17H2,1-3H3. The summed E-state index contributed by atoms with van der Waals surface area (Å²) in [6.45, 7) is 5.29. The highest BCUT2D eigenvalue weighted by Crippen LogP contribution is 2.36. The van der Waals surface area contributed by atoms with Gasteiger partial charge in [-0.2, -0.15) is 0 Å². The summed E-state index contributed by atoms with van der Waals surface area (Å²) in [4.78, 5) is 38.7. The third kappa shape index (κ3) is 6.73. The molecule has 1 aliphatic rings. The largest absolute Gasteiger partial charge is 0.459 e. The normalized spacial score (nSPS) is 22.2. The summed E-state index contributed by atoms with van der Waals surface area (Å²) >= 11 is 3.21. The maximum absolute atomic E-state index is 13.1. The van der Waals surface area contributed by atoms with Crippen LogP contribution < -0.4 is 0 Å². The molecular formula is C30H29BrO8. The van der Waals surface area contributed by atoms with Crippen molar-refractivity contribution in [3.63, 3.8) is 0 Å². The minimum Gasteiger partial charge on any atom is -0.459 e. The van der Waals surface area contributed by atoms with Crippen LogP contribution in [0, 0.1) is 20.8 Å². The van der Waals surface area contributed by atoms with Crippen molar-refractivity contribution in [3.05, 3.63) is 106 Å². The Kier molecular flexibility index (Phi) is 8.84. The van der Waals surface area contributed by atoms with Crippen molar-refractivity contribution < 1.29 is 38.4 Å². The van der Waals surface area contributed by atoms with Gasteiger partial charge in [0.2, 0.25) is 5.79 Å². The van der Waals surface area contributed by atoms with E-state index in [0.717, 1.165) is 16.7 Å². The van der Waals surface area contributed by atoms with Gasteiger partial charge in [-0.25, -0.2) is 14.4 Å². The third-order valence-electron chi connectivity index (χ3n) is 6.37. The number of esters is 3. The third-order valence-corrected chi connectivity index (χ3v) is 7.18. The van der Waals surface area contributed by atoms with Gasteiger partial charge in [0.25, 0.3) is 0 Å². The molecular weight excluding hydrogens is 568 g/mol. The number of halogens is 1. The number of ether oxygens (including phenoxy) is 4. The van der Waals surface area contributed by atoms with Gasteiger partial charge in [-0.3, -0.25) is 0 Å². The van der Waals surface area contributed by atoms with E-state index in [1.165, 1.54) is 0 Å². The molecule has 0 saturated carbocycles. The molecule has 4 rings (SSSR count). The van der Waals surface area contributed by atoms with Gasteiger partial charge in [0.15, 0.2) is 12.2 Å². The van der Waals surface area contributed by atoms with E-state index < -0.39 is 42.0 Å². The summed E-state index contributed by atoms with van der Waals surface area (Å²) in [6, 6.07) is 20.2. The van der Waals surface area contributed by atoms with Gasteiger partial charge in [-0.15, -0.1) is 0 Å². The van der Waals surface area contributed by atoms with E-state index >= 15 is 0 Å². The smallest absolute Gasteiger partial charge is 0.338 e. The number of benzene rings is 3. The van der Waals surface area contributed by atoms with Crippen LogP contribution in [0.25, 0.3) is 0 Å². The van der Waals surface area contributed by atoms with E-state index in [9.17, 15) is 19.5 Å². The van der Waals surface area contributed by atoms with Gasteiger partial charge in [-0.1, -0.05) is 69.0 Å². The van der Waals surface area contributed by atoms with E-state index in [0.29, 0.717) is 5.56 Å². The highest BCUT2D eigenvalue weighted by molar-refractivity contribution is 9.09. The van der Waals surface area contributed by atoms with Crippen molar-refractivity contribution in [2.75, 3.05) is 11.9 Å². The summed E-state index contributed by atoms with van der Waals surface area (Å²) in [5, 5.41) is 11.1. The maximum Gasteiger partial charge on any atom is 0.338 e. The first-order valence-corrected chi connectivity index (χ1v) is 13.5. The number of carbonyl (C=O) groups excluding carboxylic acids is 3. The Bertz CT molecular complexity index is 1320. The van der Waals surface area contributed by atoms with E-state index in [4.69, 9.17) is 18.9 Å². The van der Waals surface area contributed by atoms with Gasteiger partial charge < -0.3 is 24.1 Å². The fourth-order valence-corrected chi connectivity index (χ4v) is 4.52. The molecule has 4 unspecified atom stereocenters. The van der Waals surface area contributed by atoms with E-state index in [1.54, 1.807) is 72.8 Å². The lowest BCUT2D eigenvalue weighted by atomic mass is 10.1. The lowest BCUT2D eigenvalue weighted by molar-refractivity contribution is -0.213. The molecule has 1 heterocycles. The van der Waals surface area contributed by atoms with Crippen LogP contribution in [-0.2, 0) is 18.9 Å². The van der Waals surface area contributed by atoms with E-state index in [1.807, 2.05) is 20.8 Å². The summed E-state index contributed by atoms with van der Waals surface area (Å²) < 4.78 is 22.7. The molecule has 0 amide bonds. The van der Waals surface area contributed by atoms with Gasteiger partial charge in [0, 0.05) is 0 Å². The molecule has 0 aliphatic carbocycles. The zero-order chi connectivity index (χ0) is 28.2. The van der Waals surface area contributed by atoms with Crippen LogP contribution in [0.15, 0.2) is 72.8 Å². The molecule has 0 aromatic heterocycles. The number of hydrogen-bond acceptors (Lipinski definition) is 8. The second kappa shape index (κ2) is 12.1. The lowest BCUT2D eigenvalue weighted by Crippen LogP contribution is -2.49. The Morgan fingerprint density at radius 2 is 1.15 bits per heavy atom. The molecule has 39 heavy (non-hydrogen) atoms. The van der Waals surface area contributed by atoms with Gasteiger partial charge in [-0.05, 0) is 57.2 Å². The molecule has 3 aromatic rings. The van der Waals surface area contributed by atoms with Crippen LogP contribution in [-0.4, -0.2) is 59.1 Å². The molecule has 8 nitrogen and oxygen atoms in total. The zero-order valence-electron chi connectivity index (χ0n) is 21.8. The molecule has 1 saturated heterocycles. The first-order chi connectivity index (χ1) is 18.6. The Balaban J connectivity index is 1.59. The van der Waals surface area contributed by atoms with Crippen molar-refractivity contribution >= 4 is 33.8 Å². The average Bonchev–Trinajstić information content (AvgIpc) is 3.19. The Labute approximate surface area is 235 Å². The number of rotatable bonds is 8. The first kappa shape index (κ1) is 28.5. The quantitative estimate of drug-likeness (QED) is 0.226. The fourth-order valence-electron chi connectivity index (χ4n) is 4.07. The second-order valence-electron chi connectivity index (χ2n) is 9.53. The van der Waals surface area contributed by atoms with Crippen molar-refractivity contribution in [2.45, 2.75) is 44.9 Å². The molecule has 3 aromatic carbocycles. The van der Waals surface area contributed by atoms with Crippen LogP contribution in [0.3, 0.4) is 0 Å². The summed E-state index contributed by atoms with van der Waals surface area (Å²) in [7, 11) is 0. The highest BCUT2D eigenvalue weighted by atomic mass is 79.9. The molecule has 1 N–H and O–H groups in total. The number of carbonyl (C=O) groups is 3. The Morgan fingerprint density at radius 3 is 1.59 bits per heavy atom. The predicted octanol–water partition coefficient (Wildman–Crippen LogP) is 4.70. The van der Waals surface area contributed by atoms with Crippen molar-refractivity contribution in [2.24, 2.45) is 0 Å². The van der Waals surface area contributed by atoms with Crippen molar-refractivity contribution in [1.29, 1.82) is 0 Å². The van der Waals surface area contributed by atoms with E-state index in [2.05, 4.69) is 15.9 Å². The second-order valence-corrected chi connectivity index (χ2v) is 10.1. The monoisotopic (exact) mass is 596 g/mol. The van der Waals surface area contributed by atoms with Crippen LogP contribution in [0.1, 0.15) is 47.8 Å². The molecule has 9 heteroatoms. The Morgan fingerprint density at radius 1 is 0.744 bits per heavy atom. The topological polar surface area (TPSA) is 108 Å². The summed E-state index contributed by atoms with van der Waals surface area (Å²) in [5.41, 5.74) is 3.71. The van der Waals surface area contributed by atoms with Crippen molar-refractivity contribution in [3.8, 4) is 0 Å². The minimum absolute atomic E-state index is 0.174. The SMILES string of the molecule is Cc1ccc(C(=O)OCC2OC(O)(CBr)C(OC(=O)c3ccc(C)cc3)C2OC(=O)c2ccc(C)cc2)cc1. The first-order valence-electron chi connectivity index (χ1n) is 12.3. The Hall–Kier alpha value is -3.53. The molecule has 0 spiro atoms. The maximum atomic E-state index is 13.1. The highest BCUT2D eigenvalue weighted by Gasteiger charge is 2.59. The molecule has 1 fully saturated rings. The average molecular weight is 597 g/mol. The van der Waals surface area contributed by atoms with Crippen molar-refractivity contribution in [1.82, 2.24) is 0 Å². The van der Waals surface area contributed by atoms with Gasteiger partial charge in [0.1, 0.15) is 12.7 Å². The number of aryl methyl sites for hydroxylation is 3.